The molecule has 14 heavy (non-hydrogen) atoms. The molecule has 0 radical (unpaired) electrons. The number of aromatic nitrogens is 2. The zero-order valence-electron chi connectivity index (χ0n) is 7.36. The highest BCUT2D eigenvalue weighted by Crippen LogP contribution is 2.23. The summed E-state index contributed by atoms with van der Waals surface area (Å²) in [5.74, 6) is -0.961. The van der Waals surface area contributed by atoms with Crippen molar-refractivity contribution in [3.63, 3.8) is 0 Å². The lowest BCUT2D eigenvalue weighted by molar-refractivity contribution is 0.0696. The Morgan fingerprint density at radius 2 is 2.36 bits per heavy atom. The zero-order chi connectivity index (χ0) is 10.3. The van der Waals surface area contributed by atoms with Gasteiger partial charge in [0.1, 0.15) is 5.52 Å². The summed E-state index contributed by atoms with van der Waals surface area (Å²) in [4.78, 5) is 14.8. The van der Waals surface area contributed by atoms with Crippen LogP contribution in [0.4, 0.5) is 0 Å². The molecule has 4 nitrogen and oxygen atoms in total. The first-order valence-corrected chi connectivity index (χ1v) is 4.73. The molecule has 0 spiro atoms. The molecular formula is C9H7BrN2O2. The highest BCUT2D eigenvalue weighted by molar-refractivity contribution is 9.10. The number of hydrogen-bond donors (Lipinski definition) is 1. The van der Waals surface area contributed by atoms with Gasteiger partial charge in [-0.2, -0.15) is 0 Å². The Labute approximate surface area is 88.3 Å². The van der Waals surface area contributed by atoms with Crippen LogP contribution in [-0.4, -0.2) is 20.6 Å². The Bertz CT molecular complexity index is 519. The van der Waals surface area contributed by atoms with Gasteiger partial charge >= 0.3 is 5.97 Å². The maximum Gasteiger partial charge on any atom is 0.337 e. The summed E-state index contributed by atoms with van der Waals surface area (Å²) in [6.07, 6.45) is 3.21. The number of nitrogens with zero attached hydrogens (tertiary/aromatic N) is 2. The lowest BCUT2D eigenvalue weighted by atomic mass is 10.2. The van der Waals surface area contributed by atoms with Gasteiger partial charge in [0, 0.05) is 19.4 Å². The number of pyridine rings is 1. The lowest BCUT2D eigenvalue weighted by Gasteiger charge is -1.97. The quantitative estimate of drug-likeness (QED) is 0.848. The van der Waals surface area contributed by atoms with Gasteiger partial charge in [-0.05, 0) is 22.0 Å². The molecule has 0 aliphatic heterocycles. The summed E-state index contributed by atoms with van der Waals surface area (Å²) < 4.78 is 2.70. The van der Waals surface area contributed by atoms with Crippen LogP contribution in [0.25, 0.3) is 11.0 Å². The number of aryl methyl sites for hydroxylation is 1. The van der Waals surface area contributed by atoms with Crippen molar-refractivity contribution in [1.29, 1.82) is 0 Å². The van der Waals surface area contributed by atoms with Gasteiger partial charge in [0.15, 0.2) is 0 Å². The van der Waals surface area contributed by atoms with E-state index in [0.29, 0.717) is 0 Å². The molecule has 2 heterocycles. The average molecular weight is 255 g/mol. The van der Waals surface area contributed by atoms with Crippen LogP contribution in [0.2, 0.25) is 0 Å². The summed E-state index contributed by atoms with van der Waals surface area (Å²) in [6.45, 7) is 0. The molecule has 0 fully saturated rings. The second kappa shape index (κ2) is 3.09. The molecule has 0 saturated heterocycles. The Hall–Kier alpha value is -1.36. The minimum Gasteiger partial charge on any atom is -0.478 e. The molecule has 2 aromatic rings. The third-order valence-electron chi connectivity index (χ3n) is 2.03. The van der Waals surface area contributed by atoms with Gasteiger partial charge in [0.25, 0.3) is 0 Å². The fourth-order valence-corrected chi connectivity index (χ4v) is 1.94. The first kappa shape index (κ1) is 9.21. The molecule has 0 amide bonds. The number of rotatable bonds is 1. The highest BCUT2D eigenvalue weighted by atomic mass is 79.9. The van der Waals surface area contributed by atoms with Gasteiger partial charge < -0.3 is 9.67 Å². The SMILES string of the molecule is Cn1cc(Br)c2ncc(C(=O)O)cc21. The number of hydrogen-bond acceptors (Lipinski definition) is 2. The van der Waals surface area contributed by atoms with Gasteiger partial charge in [-0.25, -0.2) is 4.79 Å². The van der Waals surface area contributed by atoms with E-state index in [-0.39, 0.29) is 5.56 Å². The van der Waals surface area contributed by atoms with Crippen molar-refractivity contribution in [2.45, 2.75) is 0 Å². The Kier molecular flexibility index (Phi) is 2.03. The number of halogens is 1. The first-order chi connectivity index (χ1) is 6.59. The van der Waals surface area contributed by atoms with E-state index in [1.165, 1.54) is 6.20 Å². The van der Waals surface area contributed by atoms with Crippen LogP contribution in [0.15, 0.2) is 22.9 Å². The van der Waals surface area contributed by atoms with Crippen molar-refractivity contribution >= 4 is 32.9 Å². The van der Waals surface area contributed by atoms with Gasteiger partial charge in [0.2, 0.25) is 0 Å². The van der Waals surface area contributed by atoms with Crippen molar-refractivity contribution in [2.24, 2.45) is 7.05 Å². The largest absolute Gasteiger partial charge is 0.478 e. The smallest absolute Gasteiger partial charge is 0.337 e. The van der Waals surface area contributed by atoms with Gasteiger partial charge in [-0.3, -0.25) is 4.98 Å². The zero-order valence-corrected chi connectivity index (χ0v) is 8.95. The maximum absolute atomic E-state index is 10.7. The third-order valence-corrected chi connectivity index (χ3v) is 2.61. The van der Waals surface area contributed by atoms with E-state index < -0.39 is 5.97 Å². The molecule has 1 N–H and O–H groups in total. The van der Waals surface area contributed by atoms with E-state index in [2.05, 4.69) is 20.9 Å². The summed E-state index contributed by atoms with van der Waals surface area (Å²) in [5, 5.41) is 8.78. The number of carbonyl (C=O) groups is 1. The molecular weight excluding hydrogens is 248 g/mol. The topological polar surface area (TPSA) is 55.1 Å². The van der Waals surface area contributed by atoms with Gasteiger partial charge in [0.05, 0.1) is 15.6 Å². The van der Waals surface area contributed by atoms with Crippen LogP contribution in [0.3, 0.4) is 0 Å². The predicted octanol–water partition coefficient (Wildman–Crippen LogP) is 2.03. The molecule has 0 aliphatic carbocycles. The van der Waals surface area contributed by atoms with Crippen LogP contribution in [0.1, 0.15) is 10.4 Å². The van der Waals surface area contributed by atoms with Crippen molar-refractivity contribution in [3.8, 4) is 0 Å². The first-order valence-electron chi connectivity index (χ1n) is 3.93. The number of fused-ring (bicyclic) bond motifs is 1. The minimum absolute atomic E-state index is 0.200. The Balaban J connectivity index is 2.77. The van der Waals surface area contributed by atoms with Crippen LogP contribution in [0.5, 0.6) is 0 Å². The van der Waals surface area contributed by atoms with Gasteiger partial charge in [-0.1, -0.05) is 0 Å². The summed E-state index contributed by atoms with van der Waals surface area (Å²) >= 11 is 3.35. The van der Waals surface area contributed by atoms with E-state index in [4.69, 9.17) is 5.11 Å². The number of carboxylic acids is 1. The normalized spacial score (nSPS) is 10.7. The predicted molar refractivity (Wildman–Crippen MR) is 55.4 cm³/mol. The van der Waals surface area contributed by atoms with Gasteiger partial charge in [-0.15, -0.1) is 0 Å². The van der Waals surface area contributed by atoms with E-state index in [1.54, 1.807) is 6.07 Å². The number of carboxylic acid groups (broad SMARTS) is 1. The molecule has 0 saturated carbocycles. The van der Waals surface area contributed by atoms with Crippen molar-refractivity contribution < 1.29 is 9.90 Å². The fraction of sp³-hybridized carbons (Fsp3) is 0.111. The van der Waals surface area contributed by atoms with E-state index in [0.717, 1.165) is 15.5 Å². The molecule has 2 rings (SSSR count). The second-order valence-electron chi connectivity index (χ2n) is 2.98. The standard InChI is InChI=1S/C9H7BrN2O2/c1-12-4-6(10)8-7(12)2-5(3-11-8)9(13)14/h2-4H,1H3,(H,13,14). The molecule has 0 bridgehead atoms. The van der Waals surface area contributed by atoms with Crippen LogP contribution in [0, 0.1) is 0 Å². The van der Waals surface area contributed by atoms with Crippen LogP contribution in [-0.2, 0) is 7.05 Å². The lowest BCUT2D eigenvalue weighted by Crippen LogP contribution is -1.97. The Morgan fingerprint density at radius 1 is 1.64 bits per heavy atom. The minimum atomic E-state index is -0.961. The number of aromatic carboxylic acids is 1. The van der Waals surface area contributed by atoms with Crippen molar-refractivity contribution in [1.82, 2.24) is 9.55 Å². The van der Waals surface area contributed by atoms with E-state index in [9.17, 15) is 4.79 Å². The van der Waals surface area contributed by atoms with E-state index >= 15 is 0 Å². The molecule has 5 heteroatoms. The molecule has 0 atom stereocenters. The molecule has 72 valence electrons. The third kappa shape index (κ3) is 1.29. The molecule has 0 unspecified atom stereocenters. The Morgan fingerprint density at radius 3 is 3.00 bits per heavy atom. The maximum atomic E-state index is 10.7. The van der Waals surface area contributed by atoms with Crippen LogP contribution >= 0.6 is 15.9 Å². The highest BCUT2D eigenvalue weighted by Gasteiger charge is 2.09. The van der Waals surface area contributed by atoms with Crippen molar-refractivity contribution in [3.05, 3.63) is 28.5 Å². The molecule has 0 aliphatic rings. The van der Waals surface area contributed by atoms with Crippen molar-refractivity contribution in [2.75, 3.05) is 0 Å². The average Bonchev–Trinajstić information content (AvgIpc) is 2.42. The summed E-state index contributed by atoms with van der Waals surface area (Å²) in [6, 6.07) is 1.61. The van der Waals surface area contributed by atoms with Crippen LogP contribution < -0.4 is 0 Å². The summed E-state index contributed by atoms with van der Waals surface area (Å²) in [7, 11) is 1.85. The fourth-order valence-electron chi connectivity index (χ4n) is 1.32. The molecule has 0 aromatic carbocycles. The second-order valence-corrected chi connectivity index (χ2v) is 3.84. The summed E-state index contributed by atoms with van der Waals surface area (Å²) in [5.41, 5.74) is 1.78. The monoisotopic (exact) mass is 254 g/mol. The molecule has 2 aromatic heterocycles. The van der Waals surface area contributed by atoms with E-state index in [1.807, 2.05) is 17.8 Å².